The molecular weight excluding hydrogens is 258 g/mol. The minimum atomic E-state index is -0.940. The molecule has 5 nitrogen and oxygen atoms in total. The quantitative estimate of drug-likeness (QED) is 0.846. The third-order valence-corrected chi connectivity index (χ3v) is 4.32. The maximum Gasteiger partial charge on any atom is 0.307 e. The third-order valence-electron chi connectivity index (χ3n) is 4.32. The maximum atomic E-state index is 12.3. The van der Waals surface area contributed by atoms with Gasteiger partial charge in [0.05, 0.1) is 23.9 Å². The number of anilines is 1. The van der Waals surface area contributed by atoms with E-state index >= 15 is 0 Å². The van der Waals surface area contributed by atoms with Gasteiger partial charge in [0.15, 0.2) is 0 Å². The van der Waals surface area contributed by atoms with Crippen molar-refractivity contribution in [3.05, 3.63) is 29.8 Å². The highest BCUT2D eigenvalue weighted by Crippen LogP contribution is 2.63. The van der Waals surface area contributed by atoms with Crippen LogP contribution in [0.5, 0.6) is 0 Å². The Kier molecular flexibility index (Phi) is 2.51. The molecule has 1 aromatic carbocycles. The number of hydrogen-bond donors (Lipinski definition) is 1. The fraction of sp³-hybridized carbons (Fsp3) is 0.400. The number of nitrogens with zero attached hydrogens (tertiary/aromatic N) is 1. The number of carbonyl (C=O) groups excluding carboxylic acids is 2. The Hall–Kier alpha value is -2.17. The number of amides is 2. The van der Waals surface area contributed by atoms with Crippen molar-refractivity contribution in [3.8, 4) is 0 Å². The van der Waals surface area contributed by atoms with Gasteiger partial charge in [0.2, 0.25) is 11.8 Å². The first-order valence-corrected chi connectivity index (χ1v) is 6.52. The Labute approximate surface area is 116 Å². The number of aliphatic carboxylic acids is 1. The molecule has 1 aliphatic heterocycles. The summed E-state index contributed by atoms with van der Waals surface area (Å²) in [5.41, 5.74) is 0.820. The first-order valence-electron chi connectivity index (χ1n) is 6.52. The number of rotatable bonds is 3. The van der Waals surface area contributed by atoms with Gasteiger partial charge in [0, 0.05) is 0 Å². The van der Waals surface area contributed by atoms with Crippen LogP contribution in [0.1, 0.15) is 19.4 Å². The van der Waals surface area contributed by atoms with E-state index in [9.17, 15) is 14.4 Å². The second kappa shape index (κ2) is 3.91. The van der Waals surface area contributed by atoms with Gasteiger partial charge in [-0.15, -0.1) is 0 Å². The summed E-state index contributed by atoms with van der Waals surface area (Å²) in [6, 6.07) is 6.61. The van der Waals surface area contributed by atoms with E-state index in [0.717, 1.165) is 0 Å². The topological polar surface area (TPSA) is 74.7 Å². The van der Waals surface area contributed by atoms with Crippen molar-refractivity contribution in [3.63, 3.8) is 0 Å². The van der Waals surface area contributed by atoms with Gasteiger partial charge in [-0.3, -0.25) is 19.3 Å². The van der Waals surface area contributed by atoms with Gasteiger partial charge in [-0.2, -0.15) is 0 Å². The summed E-state index contributed by atoms with van der Waals surface area (Å²) in [5.74, 6) is -1.73. The van der Waals surface area contributed by atoms with Crippen LogP contribution in [-0.4, -0.2) is 22.9 Å². The van der Waals surface area contributed by atoms with E-state index in [2.05, 4.69) is 0 Å². The standard InChI is InChI=1S/C15H15NO4/c1-15(2)11-12(15)14(20)16(13(11)19)9-5-3-4-8(6-9)7-10(17)18/h3-6,11-12H,7H2,1-2H3,(H,17,18). The van der Waals surface area contributed by atoms with Crippen LogP contribution in [0.2, 0.25) is 0 Å². The van der Waals surface area contributed by atoms with Crippen molar-refractivity contribution in [2.45, 2.75) is 20.3 Å². The molecule has 1 saturated carbocycles. The van der Waals surface area contributed by atoms with E-state index < -0.39 is 5.97 Å². The summed E-state index contributed by atoms with van der Waals surface area (Å²) in [4.78, 5) is 36.5. The molecule has 3 rings (SSSR count). The SMILES string of the molecule is CC1(C)C2C(=O)N(c3cccc(CC(=O)O)c3)C(=O)C21. The Balaban J connectivity index is 1.90. The molecule has 2 fully saturated rings. The second-order valence-electron chi connectivity index (χ2n) is 6.03. The van der Waals surface area contributed by atoms with Gasteiger partial charge >= 0.3 is 5.97 Å². The highest BCUT2D eigenvalue weighted by molar-refractivity contribution is 6.25. The molecule has 1 aliphatic carbocycles. The number of piperidine rings is 1. The van der Waals surface area contributed by atoms with Gasteiger partial charge < -0.3 is 5.11 Å². The van der Waals surface area contributed by atoms with Crippen molar-refractivity contribution in [2.75, 3.05) is 4.90 Å². The molecule has 0 bridgehead atoms. The number of carboxylic acids is 1. The molecule has 0 spiro atoms. The third kappa shape index (κ3) is 1.66. The van der Waals surface area contributed by atoms with E-state index in [1.807, 2.05) is 13.8 Å². The van der Waals surface area contributed by atoms with Gasteiger partial charge in [-0.25, -0.2) is 0 Å². The molecule has 2 aliphatic rings. The number of fused-ring (bicyclic) bond motifs is 1. The van der Waals surface area contributed by atoms with Crippen molar-refractivity contribution < 1.29 is 19.5 Å². The Morgan fingerprint density at radius 2 is 1.85 bits per heavy atom. The fourth-order valence-electron chi connectivity index (χ4n) is 3.18. The van der Waals surface area contributed by atoms with Crippen molar-refractivity contribution in [2.24, 2.45) is 17.3 Å². The minimum absolute atomic E-state index is 0.123. The van der Waals surface area contributed by atoms with Gasteiger partial charge in [0.1, 0.15) is 0 Å². The molecule has 0 radical (unpaired) electrons. The Bertz CT molecular complexity index is 611. The summed E-state index contributed by atoms with van der Waals surface area (Å²) in [6.45, 7) is 3.85. The minimum Gasteiger partial charge on any atom is -0.481 e. The van der Waals surface area contributed by atoms with Gasteiger partial charge in [-0.1, -0.05) is 26.0 Å². The largest absolute Gasteiger partial charge is 0.481 e. The molecule has 1 N–H and O–H groups in total. The van der Waals surface area contributed by atoms with Crippen molar-refractivity contribution >= 4 is 23.5 Å². The van der Waals surface area contributed by atoms with E-state index in [1.165, 1.54) is 4.90 Å². The normalized spacial score (nSPS) is 26.6. The molecule has 2 unspecified atom stereocenters. The summed E-state index contributed by atoms with van der Waals surface area (Å²) in [7, 11) is 0. The number of imide groups is 1. The van der Waals surface area contributed by atoms with Gasteiger partial charge in [0.25, 0.3) is 0 Å². The number of carboxylic acid groups (broad SMARTS) is 1. The lowest BCUT2D eigenvalue weighted by molar-refractivity contribution is -0.136. The predicted molar refractivity (Wildman–Crippen MR) is 71.0 cm³/mol. The summed E-state index contributed by atoms with van der Waals surface area (Å²) in [6.07, 6.45) is -0.123. The first kappa shape index (κ1) is 12.8. The molecule has 2 amide bonds. The van der Waals surface area contributed by atoms with E-state index in [1.54, 1.807) is 24.3 Å². The number of carbonyl (C=O) groups is 3. The van der Waals surface area contributed by atoms with E-state index in [0.29, 0.717) is 11.3 Å². The number of hydrogen-bond acceptors (Lipinski definition) is 3. The van der Waals surface area contributed by atoms with Crippen LogP contribution in [0, 0.1) is 17.3 Å². The molecule has 20 heavy (non-hydrogen) atoms. The highest BCUT2D eigenvalue weighted by atomic mass is 16.4. The van der Waals surface area contributed by atoms with Crippen LogP contribution in [0.4, 0.5) is 5.69 Å². The van der Waals surface area contributed by atoms with Crippen molar-refractivity contribution in [1.29, 1.82) is 0 Å². The summed E-state index contributed by atoms with van der Waals surface area (Å²) >= 11 is 0. The number of benzene rings is 1. The zero-order valence-corrected chi connectivity index (χ0v) is 11.3. The molecule has 1 saturated heterocycles. The van der Waals surface area contributed by atoms with Crippen LogP contribution < -0.4 is 4.90 Å². The summed E-state index contributed by atoms with van der Waals surface area (Å²) < 4.78 is 0. The van der Waals surface area contributed by atoms with Crippen LogP contribution in [0.3, 0.4) is 0 Å². The van der Waals surface area contributed by atoms with Crippen LogP contribution in [0.15, 0.2) is 24.3 Å². The monoisotopic (exact) mass is 273 g/mol. The first-order chi connectivity index (χ1) is 9.34. The van der Waals surface area contributed by atoms with E-state index in [4.69, 9.17) is 5.11 Å². The second-order valence-corrected chi connectivity index (χ2v) is 6.03. The molecular formula is C15H15NO4. The molecule has 5 heteroatoms. The Morgan fingerprint density at radius 3 is 2.40 bits per heavy atom. The highest BCUT2D eigenvalue weighted by Gasteiger charge is 2.72. The average Bonchev–Trinajstić information content (AvgIpc) is 2.79. The smallest absolute Gasteiger partial charge is 0.307 e. The van der Waals surface area contributed by atoms with Crippen LogP contribution in [0.25, 0.3) is 0 Å². The van der Waals surface area contributed by atoms with Crippen LogP contribution in [-0.2, 0) is 20.8 Å². The maximum absolute atomic E-state index is 12.3. The fourth-order valence-corrected chi connectivity index (χ4v) is 3.18. The van der Waals surface area contributed by atoms with Crippen LogP contribution >= 0.6 is 0 Å². The lowest BCUT2D eigenvalue weighted by Gasteiger charge is -2.20. The van der Waals surface area contributed by atoms with Gasteiger partial charge in [-0.05, 0) is 23.1 Å². The summed E-state index contributed by atoms with van der Waals surface area (Å²) in [5, 5.41) is 8.80. The zero-order valence-electron chi connectivity index (χ0n) is 11.3. The van der Waals surface area contributed by atoms with E-state index in [-0.39, 0.29) is 35.5 Å². The Morgan fingerprint density at radius 1 is 1.25 bits per heavy atom. The molecule has 1 aromatic rings. The lowest BCUT2D eigenvalue weighted by atomic mass is 10.0. The lowest BCUT2D eigenvalue weighted by Crippen LogP contribution is -2.36. The predicted octanol–water partition coefficient (Wildman–Crippen LogP) is 1.46. The molecule has 0 aromatic heterocycles. The van der Waals surface area contributed by atoms with Crippen molar-refractivity contribution in [1.82, 2.24) is 0 Å². The average molecular weight is 273 g/mol. The molecule has 104 valence electrons. The zero-order chi connectivity index (χ0) is 14.7. The molecule has 2 atom stereocenters. The molecule has 1 heterocycles.